The van der Waals surface area contributed by atoms with E-state index in [1.807, 2.05) is 12.1 Å². The third kappa shape index (κ3) is 4.28. The van der Waals surface area contributed by atoms with E-state index in [0.29, 0.717) is 0 Å². The van der Waals surface area contributed by atoms with Gasteiger partial charge in [0.2, 0.25) is 0 Å². The summed E-state index contributed by atoms with van der Waals surface area (Å²) in [6.07, 6.45) is 0. The molecular formula is C53H33NO2. The third-order valence-electron chi connectivity index (χ3n) is 11.9. The van der Waals surface area contributed by atoms with Crippen molar-refractivity contribution in [3.05, 3.63) is 222 Å². The van der Waals surface area contributed by atoms with Crippen LogP contribution in [-0.2, 0) is 5.41 Å². The lowest BCUT2D eigenvalue weighted by molar-refractivity contribution is 0.669. The minimum absolute atomic E-state index is 0.480. The van der Waals surface area contributed by atoms with E-state index in [2.05, 4.69) is 193 Å². The van der Waals surface area contributed by atoms with E-state index in [9.17, 15) is 0 Å². The van der Waals surface area contributed by atoms with Crippen LogP contribution in [0.25, 0.3) is 65.8 Å². The Kier molecular flexibility index (Phi) is 6.55. The number of para-hydroxylation sites is 2. The summed E-state index contributed by atoms with van der Waals surface area (Å²) < 4.78 is 13.3. The van der Waals surface area contributed by atoms with Gasteiger partial charge in [-0.1, -0.05) is 152 Å². The number of hydrogen-bond acceptors (Lipinski definition) is 3. The van der Waals surface area contributed by atoms with Crippen LogP contribution in [0.1, 0.15) is 22.3 Å². The van der Waals surface area contributed by atoms with Crippen LogP contribution in [0.5, 0.6) is 0 Å². The van der Waals surface area contributed by atoms with Gasteiger partial charge in [0.15, 0.2) is 5.58 Å². The summed E-state index contributed by atoms with van der Waals surface area (Å²) in [5, 5.41) is 6.63. The molecule has 1 aliphatic rings. The zero-order chi connectivity index (χ0) is 36.8. The SMILES string of the molecule is c1ccc(C2(c3ccccc3)c3ccccc3-c3cc(N(c4ccc5oc6ccccc6c5c4)c4cccc5c4oc4c6ccccc6ccc54)ccc32)cc1. The van der Waals surface area contributed by atoms with E-state index in [1.54, 1.807) is 0 Å². The zero-order valence-corrected chi connectivity index (χ0v) is 30.3. The molecule has 262 valence electrons. The van der Waals surface area contributed by atoms with Crippen molar-refractivity contribution in [3.8, 4) is 11.1 Å². The molecule has 0 saturated heterocycles. The van der Waals surface area contributed by atoms with E-state index in [1.165, 1.54) is 33.4 Å². The molecule has 9 aromatic carbocycles. The summed E-state index contributed by atoms with van der Waals surface area (Å²) >= 11 is 0. The van der Waals surface area contributed by atoms with Gasteiger partial charge in [0.25, 0.3) is 0 Å². The van der Waals surface area contributed by atoms with E-state index in [-0.39, 0.29) is 0 Å². The average molecular weight is 716 g/mol. The molecule has 1 aliphatic carbocycles. The Hall–Kier alpha value is -7.36. The fourth-order valence-electron chi connectivity index (χ4n) is 9.54. The number of nitrogens with zero attached hydrogens (tertiary/aromatic N) is 1. The molecule has 0 unspecified atom stereocenters. The number of rotatable bonds is 5. The molecule has 0 bridgehead atoms. The highest BCUT2D eigenvalue weighted by molar-refractivity contribution is 6.18. The van der Waals surface area contributed by atoms with Crippen molar-refractivity contribution < 1.29 is 8.83 Å². The highest BCUT2D eigenvalue weighted by Crippen LogP contribution is 2.57. The van der Waals surface area contributed by atoms with E-state index >= 15 is 0 Å². The first-order valence-electron chi connectivity index (χ1n) is 19.2. The average Bonchev–Trinajstić information content (AvgIpc) is 3.93. The standard InChI is InChI=1S/C53H33NO2/c1-3-15-35(16-4-1)53(36-17-5-2-6-18-36)46-23-11-9-20-40(46)44-32-37(27-30-47(44)53)54(38-28-31-50-45(33-38)41-21-10-12-25-49(41)55-50)48-24-13-22-42-43-29-26-34-14-7-8-19-39(34)51(43)56-52(42)48/h1-33H. The smallest absolute Gasteiger partial charge is 0.159 e. The number of anilines is 3. The van der Waals surface area contributed by atoms with Gasteiger partial charge in [0, 0.05) is 38.3 Å². The van der Waals surface area contributed by atoms with Gasteiger partial charge in [-0.25, -0.2) is 0 Å². The number of fused-ring (bicyclic) bond motifs is 11. The van der Waals surface area contributed by atoms with Crippen molar-refractivity contribution in [1.29, 1.82) is 0 Å². The summed E-state index contributed by atoms with van der Waals surface area (Å²) in [7, 11) is 0. The van der Waals surface area contributed by atoms with Crippen molar-refractivity contribution in [2.45, 2.75) is 5.41 Å². The van der Waals surface area contributed by atoms with Crippen LogP contribution >= 0.6 is 0 Å². The van der Waals surface area contributed by atoms with Crippen LogP contribution in [0.4, 0.5) is 17.1 Å². The molecule has 11 aromatic rings. The zero-order valence-electron chi connectivity index (χ0n) is 30.3. The van der Waals surface area contributed by atoms with Gasteiger partial charge in [0.05, 0.1) is 11.1 Å². The highest BCUT2D eigenvalue weighted by Gasteiger charge is 2.46. The second-order valence-corrected chi connectivity index (χ2v) is 14.8. The molecule has 3 heteroatoms. The molecule has 0 saturated carbocycles. The predicted molar refractivity (Wildman–Crippen MR) is 230 cm³/mol. The first-order chi connectivity index (χ1) is 27.8. The normalized spacial score (nSPS) is 13.1. The molecule has 12 rings (SSSR count). The van der Waals surface area contributed by atoms with Gasteiger partial charge in [0.1, 0.15) is 16.7 Å². The van der Waals surface area contributed by atoms with Gasteiger partial charge in [-0.2, -0.15) is 0 Å². The van der Waals surface area contributed by atoms with Crippen molar-refractivity contribution in [1.82, 2.24) is 0 Å². The summed E-state index contributed by atoms with van der Waals surface area (Å²) in [4.78, 5) is 2.36. The maximum atomic E-state index is 7.00. The molecular weight excluding hydrogens is 683 g/mol. The van der Waals surface area contributed by atoms with Crippen molar-refractivity contribution >= 4 is 71.7 Å². The largest absolute Gasteiger partial charge is 0.456 e. The van der Waals surface area contributed by atoms with Crippen LogP contribution < -0.4 is 4.90 Å². The molecule has 0 fully saturated rings. The lowest BCUT2D eigenvalue weighted by atomic mass is 9.68. The maximum Gasteiger partial charge on any atom is 0.159 e. The molecule has 0 amide bonds. The quantitative estimate of drug-likeness (QED) is 0.178. The molecule has 0 N–H and O–H groups in total. The number of benzene rings is 9. The molecule has 3 nitrogen and oxygen atoms in total. The lowest BCUT2D eigenvalue weighted by Crippen LogP contribution is -2.28. The van der Waals surface area contributed by atoms with Gasteiger partial charge in [-0.05, 0) is 87.3 Å². The van der Waals surface area contributed by atoms with Crippen molar-refractivity contribution in [2.24, 2.45) is 0 Å². The van der Waals surface area contributed by atoms with E-state index in [0.717, 1.165) is 71.7 Å². The van der Waals surface area contributed by atoms with Crippen LogP contribution in [0.3, 0.4) is 0 Å². The Balaban J connectivity index is 1.15. The predicted octanol–water partition coefficient (Wildman–Crippen LogP) is 14.5. The minimum Gasteiger partial charge on any atom is -0.456 e. The lowest BCUT2D eigenvalue weighted by Gasteiger charge is -2.34. The molecule has 0 spiro atoms. The third-order valence-corrected chi connectivity index (χ3v) is 11.9. The molecule has 2 aromatic heterocycles. The maximum absolute atomic E-state index is 7.00. The van der Waals surface area contributed by atoms with Crippen molar-refractivity contribution in [3.63, 3.8) is 0 Å². The van der Waals surface area contributed by atoms with E-state index in [4.69, 9.17) is 8.83 Å². The number of furan rings is 2. The van der Waals surface area contributed by atoms with Crippen LogP contribution in [-0.4, -0.2) is 0 Å². The van der Waals surface area contributed by atoms with Gasteiger partial charge >= 0.3 is 0 Å². The second kappa shape index (κ2) is 11.8. The topological polar surface area (TPSA) is 29.5 Å². The first-order valence-corrected chi connectivity index (χ1v) is 19.2. The summed E-state index contributed by atoms with van der Waals surface area (Å²) in [5.41, 5.74) is 13.5. The van der Waals surface area contributed by atoms with Crippen LogP contribution in [0.2, 0.25) is 0 Å². The molecule has 2 heterocycles. The number of hydrogen-bond donors (Lipinski definition) is 0. The Bertz CT molecular complexity index is 3280. The summed E-state index contributed by atoms with van der Waals surface area (Å²) in [5.74, 6) is 0. The van der Waals surface area contributed by atoms with E-state index < -0.39 is 5.41 Å². The first kappa shape index (κ1) is 31.0. The summed E-state index contributed by atoms with van der Waals surface area (Å²) in [6.45, 7) is 0. The minimum atomic E-state index is -0.480. The van der Waals surface area contributed by atoms with Crippen LogP contribution in [0.15, 0.2) is 209 Å². The molecule has 56 heavy (non-hydrogen) atoms. The van der Waals surface area contributed by atoms with Crippen LogP contribution in [0, 0.1) is 0 Å². The molecule has 0 aliphatic heterocycles. The van der Waals surface area contributed by atoms with Gasteiger partial charge < -0.3 is 13.7 Å². The molecule has 0 atom stereocenters. The Labute approximate surface area is 323 Å². The highest BCUT2D eigenvalue weighted by atomic mass is 16.3. The van der Waals surface area contributed by atoms with Gasteiger partial charge in [-0.3, -0.25) is 0 Å². The Morgan fingerprint density at radius 2 is 0.982 bits per heavy atom. The Morgan fingerprint density at radius 3 is 1.82 bits per heavy atom. The summed E-state index contributed by atoms with van der Waals surface area (Å²) in [6, 6.07) is 72.1. The Morgan fingerprint density at radius 1 is 0.357 bits per heavy atom. The fraction of sp³-hybridized carbons (Fsp3) is 0.0189. The molecule has 0 radical (unpaired) electrons. The second-order valence-electron chi connectivity index (χ2n) is 14.8. The fourth-order valence-corrected chi connectivity index (χ4v) is 9.54. The monoisotopic (exact) mass is 715 g/mol. The van der Waals surface area contributed by atoms with Gasteiger partial charge in [-0.15, -0.1) is 0 Å². The van der Waals surface area contributed by atoms with Crippen molar-refractivity contribution in [2.75, 3.05) is 4.90 Å².